The third-order valence-electron chi connectivity index (χ3n) is 3.52. The van der Waals surface area contributed by atoms with Crippen LogP contribution in [0.2, 0.25) is 0 Å². The second-order valence-corrected chi connectivity index (χ2v) is 7.57. The Labute approximate surface area is 145 Å². The largest absolute Gasteiger partial charge is 0.137 e. The molecule has 2 rings (SSSR count). The van der Waals surface area contributed by atoms with Gasteiger partial charge in [-0.25, -0.2) is 0 Å². The predicted molar refractivity (Wildman–Crippen MR) is 105 cm³/mol. The van der Waals surface area contributed by atoms with E-state index in [1.165, 1.54) is 22.3 Å². The lowest BCUT2D eigenvalue weighted by Crippen LogP contribution is -1.98. The van der Waals surface area contributed by atoms with Gasteiger partial charge in [0, 0.05) is 10.5 Å². The Morgan fingerprint density at radius 1 is 0.652 bits per heavy atom. The van der Waals surface area contributed by atoms with Crippen LogP contribution in [0.5, 0.6) is 0 Å². The maximum absolute atomic E-state index is 2.37. The number of thioether (sulfide) groups is 1. The molecule has 23 heavy (non-hydrogen) atoms. The van der Waals surface area contributed by atoms with Crippen LogP contribution in [-0.2, 0) is 0 Å². The molecule has 0 spiro atoms. The number of hydrogen-bond donors (Lipinski definition) is 0. The van der Waals surface area contributed by atoms with Crippen molar-refractivity contribution in [2.45, 2.75) is 38.2 Å². The van der Waals surface area contributed by atoms with Gasteiger partial charge in [0.05, 0.1) is 0 Å². The molecule has 0 bridgehead atoms. The standard InChI is InChI=1S/C22H26S/c1-17(2)15-21(19-11-7-5-8-12-19)23-22(16-18(3)4)20-13-9-6-10-14-20/h5-16,21-22H,1-4H3. The highest BCUT2D eigenvalue weighted by Gasteiger charge is 2.17. The van der Waals surface area contributed by atoms with Crippen LogP contribution in [0.1, 0.15) is 49.3 Å². The van der Waals surface area contributed by atoms with Crippen LogP contribution >= 0.6 is 11.8 Å². The average Bonchev–Trinajstić information content (AvgIpc) is 2.54. The number of rotatable bonds is 6. The molecule has 0 aliphatic rings. The monoisotopic (exact) mass is 322 g/mol. The van der Waals surface area contributed by atoms with E-state index in [9.17, 15) is 0 Å². The van der Waals surface area contributed by atoms with Crippen molar-refractivity contribution in [1.82, 2.24) is 0 Å². The minimum absolute atomic E-state index is 0.363. The summed E-state index contributed by atoms with van der Waals surface area (Å²) in [6.45, 7) is 8.70. The van der Waals surface area contributed by atoms with Crippen molar-refractivity contribution < 1.29 is 0 Å². The Bertz CT molecular complexity index is 585. The topological polar surface area (TPSA) is 0 Å². The van der Waals surface area contributed by atoms with Crippen LogP contribution < -0.4 is 0 Å². The zero-order valence-electron chi connectivity index (χ0n) is 14.5. The van der Waals surface area contributed by atoms with Gasteiger partial charge in [0.1, 0.15) is 0 Å². The Hall–Kier alpha value is -1.73. The van der Waals surface area contributed by atoms with Gasteiger partial charge in [-0.3, -0.25) is 0 Å². The average molecular weight is 323 g/mol. The van der Waals surface area contributed by atoms with E-state index in [1.54, 1.807) is 0 Å². The summed E-state index contributed by atoms with van der Waals surface area (Å²) in [6.07, 6.45) is 4.74. The molecule has 2 atom stereocenters. The second-order valence-electron chi connectivity index (χ2n) is 6.29. The number of benzene rings is 2. The fourth-order valence-corrected chi connectivity index (χ4v) is 4.12. The second kappa shape index (κ2) is 8.79. The van der Waals surface area contributed by atoms with Crippen molar-refractivity contribution in [3.8, 4) is 0 Å². The summed E-state index contributed by atoms with van der Waals surface area (Å²) in [5.41, 5.74) is 5.44. The molecule has 0 amide bonds. The zero-order chi connectivity index (χ0) is 16.7. The summed E-state index contributed by atoms with van der Waals surface area (Å²) in [7, 11) is 0. The van der Waals surface area contributed by atoms with Crippen molar-refractivity contribution in [3.05, 3.63) is 95.1 Å². The third-order valence-corrected chi connectivity index (χ3v) is 4.92. The molecular weight excluding hydrogens is 296 g/mol. The molecule has 0 N–H and O–H groups in total. The van der Waals surface area contributed by atoms with Crippen molar-refractivity contribution in [2.75, 3.05) is 0 Å². The lowest BCUT2D eigenvalue weighted by atomic mass is 10.1. The Balaban J connectivity index is 2.34. The lowest BCUT2D eigenvalue weighted by Gasteiger charge is -2.21. The van der Waals surface area contributed by atoms with Crippen LogP contribution in [0.4, 0.5) is 0 Å². The minimum atomic E-state index is 0.363. The summed E-state index contributed by atoms with van der Waals surface area (Å²) in [5, 5.41) is 0.726. The van der Waals surface area contributed by atoms with Crippen molar-refractivity contribution >= 4 is 11.8 Å². The van der Waals surface area contributed by atoms with Crippen LogP contribution in [0.15, 0.2) is 84.0 Å². The van der Waals surface area contributed by atoms with E-state index in [4.69, 9.17) is 0 Å². The maximum Gasteiger partial charge on any atom is 0.0488 e. The van der Waals surface area contributed by atoms with Gasteiger partial charge < -0.3 is 0 Å². The highest BCUT2D eigenvalue weighted by atomic mass is 32.2. The fraction of sp³-hybridized carbons (Fsp3) is 0.273. The summed E-state index contributed by atoms with van der Waals surface area (Å²) >= 11 is 2.00. The SMILES string of the molecule is CC(C)=CC(SC(C=C(C)C)c1ccccc1)c1ccccc1. The molecule has 1 heteroatoms. The van der Waals surface area contributed by atoms with Gasteiger partial charge in [0.2, 0.25) is 0 Å². The van der Waals surface area contributed by atoms with Crippen molar-refractivity contribution in [2.24, 2.45) is 0 Å². The zero-order valence-corrected chi connectivity index (χ0v) is 15.3. The van der Waals surface area contributed by atoms with E-state index in [1.807, 2.05) is 11.8 Å². The Morgan fingerprint density at radius 2 is 1.00 bits per heavy atom. The maximum atomic E-state index is 2.37. The van der Waals surface area contributed by atoms with E-state index in [2.05, 4.69) is 101 Å². The van der Waals surface area contributed by atoms with Gasteiger partial charge in [0.15, 0.2) is 0 Å². The first-order chi connectivity index (χ1) is 11.1. The molecule has 0 fully saturated rings. The van der Waals surface area contributed by atoms with Crippen LogP contribution in [0.25, 0.3) is 0 Å². The van der Waals surface area contributed by atoms with Gasteiger partial charge in [-0.2, -0.15) is 0 Å². The molecule has 0 radical (unpaired) electrons. The first-order valence-corrected chi connectivity index (χ1v) is 9.06. The summed E-state index contributed by atoms with van der Waals surface area (Å²) in [4.78, 5) is 0. The highest BCUT2D eigenvalue weighted by Crippen LogP contribution is 2.43. The summed E-state index contributed by atoms with van der Waals surface area (Å²) in [6, 6.07) is 21.6. The molecule has 2 unspecified atom stereocenters. The molecule has 2 aromatic rings. The predicted octanol–water partition coefficient (Wildman–Crippen LogP) is 7.13. The molecule has 0 aromatic heterocycles. The van der Waals surface area contributed by atoms with Crippen LogP contribution in [-0.4, -0.2) is 0 Å². The molecule has 120 valence electrons. The molecule has 0 aliphatic heterocycles. The van der Waals surface area contributed by atoms with E-state index in [0.717, 1.165) is 0 Å². The van der Waals surface area contributed by atoms with Gasteiger partial charge >= 0.3 is 0 Å². The fourth-order valence-electron chi connectivity index (χ4n) is 2.48. The molecule has 2 aromatic carbocycles. The van der Waals surface area contributed by atoms with Gasteiger partial charge in [-0.05, 0) is 38.8 Å². The lowest BCUT2D eigenvalue weighted by molar-refractivity contribution is 1.13. The number of hydrogen-bond acceptors (Lipinski definition) is 1. The minimum Gasteiger partial charge on any atom is -0.137 e. The van der Waals surface area contributed by atoms with Crippen LogP contribution in [0, 0.1) is 0 Å². The van der Waals surface area contributed by atoms with E-state index < -0.39 is 0 Å². The molecule has 0 aliphatic carbocycles. The highest BCUT2D eigenvalue weighted by molar-refractivity contribution is 8.00. The normalized spacial score (nSPS) is 13.0. The van der Waals surface area contributed by atoms with Gasteiger partial charge in [0.25, 0.3) is 0 Å². The quantitative estimate of drug-likeness (QED) is 0.509. The summed E-state index contributed by atoms with van der Waals surface area (Å²) < 4.78 is 0. The molecule has 0 heterocycles. The molecular formula is C22H26S. The molecule has 0 saturated heterocycles. The summed E-state index contributed by atoms with van der Waals surface area (Å²) in [5.74, 6) is 0. The van der Waals surface area contributed by atoms with Gasteiger partial charge in [-0.1, -0.05) is 84.0 Å². The Kier molecular flexibility index (Phi) is 6.73. The van der Waals surface area contributed by atoms with E-state index >= 15 is 0 Å². The first-order valence-electron chi connectivity index (χ1n) is 8.11. The van der Waals surface area contributed by atoms with Crippen molar-refractivity contribution in [1.29, 1.82) is 0 Å². The van der Waals surface area contributed by atoms with Crippen molar-refractivity contribution in [3.63, 3.8) is 0 Å². The smallest absolute Gasteiger partial charge is 0.0488 e. The molecule has 0 saturated carbocycles. The Morgan fingerprint density at radius 3 is 1.30 bits per heavy atom. The number of allylic oxidation sites excluding steroid dienone is 2. The molecule has 0 nitrogen and oxygen atoms in total. The van der Waals surface area contributed by atoms with Crippen LogP contribution in [0.3, 0.4) is 0 Å². The third kappa shape index (κ3) is 5.76. The first kappa shape index (κ1) is 17.6. The van der Waals surface area contributed by atoms with Gasteiger partial charge in [-0.15, -0.1) is 11.8 Å². The van der Waals surface area contributed by atoms with E-state index in [0.29, 0.717) is 10.5 Å². The van der Waals surface area contributed by atoms with E-state index in [-0.39, 0.29) is 0 Å².